The van der Waals surface area contributed by atoms with E-state index in [9.17, 15) is 0 Å². The molecule has 0 bridgehead atoms. The van der Waals surface area contributed by atoms with E-state index in [2.05, 4.69) is 17.4 Å². The number of nitrogens with one attached hydrogen (secondary N) is 1. The van der Waals surface area contributed by atoms with Crippen LogP contribution >= 0.6 is 0 Å². The Morgan fingerprint density at radius 2 is 2.07 bits per heavy atom. The fraction of sp³-hybridized carbons (Fsp3) is 0.500. The first-order chi connectivity index (χ1) is 7.22. The zero-order chi connectivity index (χ0) is 11.3. The third-order valence-corrected chi connectivity index (χ3v) is 2.48. The van der Waals surface area contributed by atoms with Gasteiger partial charge in [0.1, 0.15) is 5.75 Å². The molecule has 1 N–H and O–H groups in total. The minimum Gasteiger partial charge on any atom is -0.496 e. The second-order valence-electron chi connectivity index (χ2n) is 3.51. The third-order valence-electron chi connectivity index (χ3n) is 2.48. The van der Waals surface area contributed by atoms with Gasteiger partial charge >= 0.3 is 0 Å². The van der Waals surface area contributed by atoms with Gasteiger partial charge in [-0.2, -0.15) is 0 Å². The fourth-order valence-electron chi connectivity index (χ4n) is 1.56. The van der Waals surface area contributed by atoms with Crippen LogP contribution in [-0.2, 0) is 4.74 Å². The number of hydrogen-bond acceptors (Lipinski definition) is 3. The average Bonchev–Trinajstić information content (AvgIpc) is 2.27. The van der Waals surface area contributed by atoms with Gasteiger partial charge in [0.25, 0.3) is 0 Å². The Bertz CT molecular complexity index is 312. The average molecular weight is 209 g/mol. The number of methoxy groups -OCH3 is 2. The fourth-order valence-corrected chi connectivity index (χ4v) is 1.56. The van der Waals surface area contributed by atoms with E-state index in [1.807, 2.05) is 20.0 Å². The Labute approximate surface area is 91.4 Å². The van der Waals surface area contributed by atoms with Gasteiger partial charge in [-0.3, -0.25) is 0 Å². The Morgan fingerprint density at radius 3 is 2.60 bits per heavy atom. The van der Waals surface area contributed by atoms with Crippen molar-refractivity contribution in [3.8, 4) is 5.75 Å². The zero-order valence-electron chi connectivity index (χ0n) is 9.83. The van der Waals surface area contributed by atoms with E-state index in [1.54, 1.807) is 14.2 Å². The lowest BCUT2D eigenvalue weighted by atomic mass is 10.1. The summed E-state index contributed by atoms with van der Waals surface area (Å²) in [5.41, 5.74) is 2.27. The van der Waals surface area contributed by atoms with Crippen molar-refractivity contribution in [1.82, 2.24) is 5.32 Å². The first kappa shape index (κ1) is 12.0. The lowest BCUT2D eigenvalue weighted by Gasteiger charge is -2.16. The largest absolute Gasteiger partial charge is 0.496 e. The Morgan fingerprint density at radius 1 is 1.33 bits per heavy atom. The maximum atomic E-state index is 5.40. The van der Waals surface area contributed by atoms with Gasteiger partial charge in [0.15, 0.2) is 0 Å². The molecule has 0 aliphatic heterocycles. The van der Waals surface area contributed by atoms with Crippen LogP contribution in [0.25, 0.3) is 0 Å². The second kappa shape index (κ2) is 5.73. The summed E-state index contributed by atoms with van der Waals surface area (Å²) >= 11 is 0. The summed E-state index contributed by atoms with van der Waals surface area (Å²) in [5.74, 6) is 0.908. The molecule has 0 fully saturated rings. The molecule has 0 aromatic heterocycles. The Balaban J connectivity index is 2.92. The molecule has 0 saturated carbocycles. The van der Waals surface area contributed by atoms with E-state index in [1.165, 1.54) is 0 Å². The van der Waals surface area contributed by atoms with Gasteiger partial charge in [-0.1, -0.05) is 12.1 Å². The third kappa shape index (κ3) is 2.94. The molecule has 0 radical (unpaired) electrons. The molecular weight excluding hydrogens is 190 g/mol. The summed E-state index contributed by atoms with van der Waals surface area (Å²) in [4.78, 5) is 0. The van der Waals surface area contributed by atoms with Crippen LogP contribution in [0.15, 0.2) is 18.2 Å². The molecule has 0 heterocycles. The number of benzene rings is 1. The summed E-state index contributed by atoms with van der Waals surface area (Å²) in [6, 6.07) is 6.15. The van der Waals surface area contributed by atoms with Crippen molar-refractivity contribution in [2.45, 2.75) is 13.0 Å². The van der Waals surface area contributed by atoms with Crippen molar-refractivity contribution >= 4 is 0 Å². The van der Waals surface area contributed by atoms with Crippen molar-refractivity contribution in [3.63, 3.8) is 0 Å². The minimum absolute atomic E-state index is 0.0736. The van der Waals surface area contributed by atoms with E-state index in [-0.39, 0.29) is 6.10 Å². The van der Waals surface area contributed by atoms with Crippen LogP contribution in [0.2, 0.25) is 0 Å². The number of rotatable bonds is 5. The molecule has 3 nitrogen and oxygen atoms in total. The number of ether oxygens (including phenoxy) is 2. The molecule has 0 saturated heterocycles. The van der Waals surface area contributed by atoms with Crippen LogP contribution in [-0.4, -0.2) is 27.8 Å². The van der Waals surface area contributed by atoms with Crippen molar-refractivity contribution in [2.75, 3.05) is 27.8 Å². The molecule has 1 aromatic carbocycles. The minimum atomic E-state index is 0.0736. The van der Waals surface area contributed by atoms with E-state index in [0.717, 1.165) is 23.4 Å². The lowest BCUT2D eigenvalue weighted by Crippen LogP contribution is -2.18. The predicted molar refractivity (Wildman–Crippen MR) is 61.4 cm³/mol. The van der Waals surface area contributed by atoms with Crippen LogP contribution in [0.5, 0.6) is 5.75 Å². The van der Waals surface area contributed by atoms with Gasteiger partial charge in [0.2, 0.25) is 0 Å². The molecule has 15 heavy (non-hydrogen) atoms. The lowest BCUT2D eigenvalue weighted by molar-refractivity contribution is 0.104. The van der Waals surface area contributed by atoms with E-state index in [0.29, 0.717) is 0 Å². The molecule has 1 atom stereocenters. The van der Waals surface area contributed by atoms with Gasteiger partial charge in [-0.15, -0.1) is 0 Å². The van der Waals surface area contributed by atoms with Crippen LogP contribution < -0.4 is 10.1 Å². The van der Waals surface area contributed by atoms with E-state index in [4.69, 9.17) is 9.47 Å². The van der Waals surface area contributed by atoms with Crippen LogP contribution in [0.4, 0.5) is 0 Å². The molecule has 84 valence electrons. The maximum absolute atomic E-state index is 5.40. The zero-order valence-corrected chi connectivity index (χ0v) is 9.83. The molecular formula is C12H19NO2. The monoisotopic (exact) mass is 209 g/mol. The first-order valence-corrected chi connectivity index (χ1v) is 5.04. The van der Waals surface area contributed by atoms with Crippen LogP contribution in [0.3, 0.4) is 0 Å². The summed E-state index contributed by atoms with van der Waals surface area (Å²) in [6.45, 7) is 2.82. The van der Waals surface area contributed by atoms with Crippen LogP contribution in [0.1, 0.15) is 17.2 Å². The van der Waals surface area contributed by atoms with Crippen molar-refractivity contribution in [1.29, 1.82) is 0 Å². The Hall–Kier alpha value is -1.06. The number of likely N-dealkylation sites (N-methyl/N-ethyl adjacent to an activating group) is 1. The van der Waals surface area contributed by atoms with Crippen molar-refractivity contribution < 1.29 is 9.47 Å². The molecule has 0 aliphatic rings. The summed E-state index contributed by atoms with van der Waals surface area (Å²) < 4.78 is 10.7. The molecule has 1 rings (SSSR count). The van der Waals surface area contributed by atoms with Gasteiger partial charge in [0.05, 0.1) is 13.2 Å². The highest BCUT2D eigenvalue weighted by Gasteiger charge is 2.10. The molecule has 1 unspecified atom stereocenters. The van der Waals surface area contributed by atoms with Gasteiger partial charge in [-0.05, 0) is 31.2 Å². The summed E-state index contributed by atoms with van der Waals surface area (Å²) in [7, 11) is 5.32. The van der Waals surface area contributed by atoms with Crippen molar-refractivity contribution in [2.24, 2.45) is 0 Å². The van der Waals surface area contributed by atoms with E-state index < -0.39 is 0 Å². The van der Waals surface area contributed by atoms with Gasteiger partial charge < -0.3 is 14.8 Å². The number of aryl methyl sites for hydroxylation is 1. The topological polar surface area (TPSA) is 30.5 Å². The molecule has 1 aromatic rings. The number of hydrogen-bond donors (Lipinski definition) is 1. The summed E-state index contributed by atoms with van der Waals surface area (Å²) in [5, 5.41) is 3.10. The van der Waals surface area contributed by atoms with Gasteiger partial charge in [0, 0.05) is 13.7 Å². The SMILES string of the molecule is CNCC(OC)c1ccc(C)c(OC)c1. The summed E-state index contributed by atoms with van der Waals surface area (Å²) in [6.07, 6.45) is 0.0736. The van der Waals surface area contributed by atoms with Gasteiger partial charge in [-0.25, -0.2) is 0 Å². The normalized spacial score (nSPS) is 12.5. The Kier molecular flexibility index (Phi) is 4.59. The highest BCUT2D eigenvalue weighted by Crippen LogP contribution is 2.24. The molecule has 0 aliphatic carbocycles. The quantitative estimate of drug-likeness (QED) is 0.803. The smallest absolute Gasteiger partial charge is 0.122 e. The highest BCUT2D eigenvalue weighted by molar-refractivity contribution is 5.37. The van der Waals surface area contributed by atoms with Crippen LogP contribution in [0, 0.1) is 6.92 Å². The maximum Gasteiger partial charge on any atom is 0.122 e. The predicted octanol–water partition coefficient (Wildman–Crippen LogP) is 1.91. The van der Waals surface area contributed by atoms with E-state index >= 15 is 0 Å². The second-order valence-corrected chi connectivity index (χ2v) is 3.51. The highest BCUT2D eigenvalue weighted by atomic mass is 16.5. The molecule has 0 amide bonds. The van der Waals surface area contributed by atoms with Crippen molar-refractivity contribution in [3.05, 3.63) is 29.3 Å². The molecule has 3 heteroatoms. The standard InChI is InChI=1S/C12H19NO2/c1-9-5-6-10(7-11(9)14-3)12(15-4)8-13-2/h5-7,12-13H,8H2,1-4H3. The first-order valence-electron chi connectivity index (χ1n) is 5.04. The molecule has 0 spiro atoms.